The minimum Gasteiger partial charge on any atom is -0.394 e. The molecule has 17 heavy (non-hydrogen) atoms. The van der Waals surface area contributed by atoms with Crippen molar-refractivity contribution in [3.8, 4) is 0 Å². The predicted octanol–water partition coefficient (Wildman–Crippen LogP) is -1.74. The summed E-state index contributed by atoms with van der Waals surface area (Å²) < 4.78 is 0. The van der Waals surface area contributed by atoms with Gasteiger partial charge in [-0.3, -0.25) is 14.6 Å². The quantitative estimate of drug-likeness (QED) is 0.485. The lowest BCUT2D eigenvalue weighted by Crippen LogP contribution is -2.34. The van der Waals surface area contributed by atoms with E-state index in [1.807, 2.05) is 0 Å². The number of carbonyl (C=O) groups excluding carboxylic acids is 2. The number of nitrogens with two attached hydrogens (primary N) is 1. The number of pyridine rings is 1. The number of hydrogen-bond acceptors (Lipinski definition) is 5. The van der Waals surface area contributed by atoms with Crippen LogP contribution in [0, 0.1) is 0 Å². The molecule has 1 aromatic rings. The van der Waals surface area contributed by atoms with Gasteiger partial charge in [0.2, 0.25) is 5.91 Å². The van der Waals surface area contributed by atoms with Crippen LogP contribution in [0.1, 0.15) is 20.8 Å². The van der Waals surface area contributed by atoms with Crippen LogP contribution in [0.2, 0.25) is 0 Å². The van der Waals surface area contributed by atoms with E-state index in [9.17, 15) is 9.59 Å². The third-order valence-electron chi connectivity index (χ3n) is 1.99. The molecule has 7 heteroatoms. The van der Waals surface area contributed by atoms with Crippen molar-refractivity contribution in [1.29, 1.82) is 0 Å². The fourth-order valence-corrected chi connectivity index (χ4v) is 1.04. The van der Waals surface area contributed by atoms with Crippen molar-refractivity contribution < 1.29 is 19.8 Å². The molecular formula is C10H13N3O4. The van der Waals surface area contributed by atoms with E-state index in [0.29, 0.717) is 0 Å². The van der Waals surface area contributed by atoms with Crippen molar-refractivity contribution in [2.75, 3.05) is 13.2 Å². The highest BCUT2D eigenvalue weighted by molar-refractivity contribution is 5.95. The second kappa shape index (κ2) is 5.92. The fraction of sp³-hybridized carbons (Fsp3) is 0.300. The summed E-state index contributed by atoms with van der Waals surface area (Å²) in [6, 6.07) is 2.73. The Hall–Kier alpha value is -1.99. The lowest BCUT2D eigenvalue weighted by atomic mass is 10.2. The normalized spacial score (nSPS) is 11.9. The van der Waals surface area contributed by atoms with E-state index in [2.05, 4.69) is 10.3 Å². The van der Waals surface area contributed by atoms with Crippen LogP contribution < -0.4 is 11.1 Å². The molecule has 92 valence electrons. The first-order chi connectivity index (χ1) is 8.04. The van der Waals surface area contributed by atoms with Crippen LogP contribution >= 0.6 is 0 Å². The zero-order valence-electron chi connectivity index (χ0n) is 8.96. The summed E-state index contributed by atoms with van der Waals surface area (Å²) in [5.41, 5.74) is 5.32. The molecule has 0 spiro atoms. The van der Waals surface area contributed by atoms with Gasteiger partial charge in [-0.2, -0.15) is 0 Å². The predicted molar refractivity (Wildman–Crippen MR) is 58.2 cm³/mol. The zero-order valence-corrected chi connectivity index (χ0v) is 8.96. The van der Waals surface area contributed by atoms with Crippen LogP contribution in [-0.4, -0.2) is 46.3 Å². The van der Waals surface area contributed by atoms with E-state index in [0.717, 1.165) is 0 Å². The number of aromatic nitrogens is 1. The highest BCUT2D eigenvalue weighted by Gasteiger charge is 2.10. The van der Waals surface area contributed by atoms with Crippen LogP contribution in [0.5, 0.6) is 0 Å². The zero-order chi connectivity index (χ0) is 12.8. The molecule has 0 aliphatic rings. The van der Waals surface area contributed by atoms with Gasteiger partial charge in [0.15, 0.2) is 0 Å². The average Bonchev–Trinajstić information content (AvgIpc) is 2.35. The highest BCUT2D eigenvalue weighted by atomic mass is 16.3. The van der Waals surface area contributed by atoms with Gasteiger partial charge in [0.1, 0.15) is 5.69 Å². The smallest absolute Gasteiger partial charge is 0.269 e. The molecule has 0 radical (unpaired) electrons. The molecule has 1 rings (SSSR count). The molecule has 1 heterocycles. The van der Waals surface area contributed by atoms with E-state index in [4.69, 9.17) is 15.9 Å². The largest absolute Gasteiger partial charge is 0.394 e. The summed E-state index contributed by atoms with van der Waals surface area (Å²) in [7, 11) is 0. The summed E-state index contributed by atoms with van der Waals surface area (Å²) in [6.45, 7) is -0.511. The maximum Gasteiger partial charge on any atom is 0.269 e. The molecule has 7 nitrogen and oxygen atoms in total. The molecule has 1 aromatic heterocycles. The van der Waals surface area contributed by atoms with Crippen molar-refractivity contribution >= 4 is 11.8 Å². The first-order valence-electron chi connectivity index (χ1n) is 4.87. The summed E-state index contributed by atoms with van der Waals surface area (Å²) in [5.74, 6) is -1.13. The Morgan fingerprint density at radius 1 is 1.47 bits per heavy atom. The molecular weight excluding hydrogens is 226 g/mol. The standard InChI is InChI=1S/C10H13N3O4/c11-9(16)6-1-2-8(12-3-6)10(17)13-4-7(15)5-14/h1-3,7,14-15H,4-5H2,(H2,11,16)(H,13,17). The number of rotatable bonds is 5. The summed E-state index contributed by atoms with van der Waals surface area (Å²) in [4.78, 5) is 26.0. The van der Waals surface area contributed by atoms with Crippen molar-refractivity contribution in [2.45, 2.75) is 6.10 Å². The maximum atomic E-state index is 11.5. The van der Waals surface area contributed by atoms with Gasteiger partial charge in [-0.15, -0.1) is 0 Å². The second-order valence-electron chi connectivity index (χ2n) is 3.34. The van der Waals surface area contributed by atoms with Crippen LogP contribution in [0.15, 0.2) is 18.3 Å². The van der Waals surface area contributed by atoms with Crippen molar-refractivity contribution in [1.82, 2.24) is 10.3 Å². The van der Waals surface area contributed by atoms with E-state index < -0.39 is 24.5 Å². The number of aliphatic hydroxyl groups excluding tert-OH is 2. The maximum absolute atomic E-state index is 11.5. The topological polar surface area (TPSA) is 126 Å². The van der Waals surface area contributed by atoms with E-state index in [1.165, 1.54) is 18.3 Å². The van der Waals surface area contributed by atoms with Gasteiger partial charge < -0.3 is 21.3 Å². The molecule has 1 unspecified atom stereocenters. The Morgan fingerprint density at radius 3 is 2.65 bits per heavy atom. The van der Waals surface area contributed by atoms with Gasteiger partial charge in [0, 0.05) is 12.7 Å². The van der Waals surface area contributed by atoms with E-state index in [-0.39, 0.29) is 17.8 Å². The highest BCUT2D eigenvalue weighted by Crippen LogP contribution is 1.99. The van der Waals surface area contributed by atoms with Crippen LogP contribution in [0.4, 0.5) is 0 Å². The molecule has 2 amide bonds. The Morgan fingerprint density at radius 2 is 2.18 bits per heavy atom. The van der Waals surface area contributed by atoms with Gasteiger partial charge >= 0.3 is 0 Å². The van der Waals surface area contributed by atoms with Gasteiger partial charge in [-0.1, -0.05) is 0 Å². The number of nitrogens with zero attached hydrogens (tertiary/aromatic N) is 1. The van der Waals surface area contributed by atoms with Crippen molar-refractivity contribution in [3.63, 3.8) is 0 Å². The van der Waals surface area contributed by atoms with Crippen molar-refractivity contribution in [2.24, 2.45) is 5.73 Å². The van der Waals surface area contributed by atoms with Crippen LogP contribution in [0.3, 0.4) is 0 Å². The molecule has 0 aromatic carbocycles. The Labute approximate surface area is 97.3 Å². The van der Waals surface area contributed by atoms with Gasteiger partial charge in [-0.25, -0.2) is 0 Å². The first kappa shape index (κ1) is 13.1. The van der Waals surface area contributed by atoms with E-state index >= 15 is 0 Å². The average molecular weight is 239 g/mol. The number of aliphatic hydroxyl groups is 2. The Kier molecular flexibility index (Phi) is 4.56. The third-order valence-corrected chi connectivity index (χ3v) is 1.99. The SMILES string of the molecule is NC(=O)c1ccc(C(=O)NCC(O)CO)nc1. The minimum absolute atomic E-state index is 0.0748. The second-order valence-corrected chi connectivity index (χ2v) is 3.34. The summed E-state index contributed by atoms with van der Waals surface area (Å²) in [5, 5.41) is 19.9. The monoisotopic (exact) mass is 239 g/mol. The Bertz CT molecular complexity index is 405. The molecule has 0 saturated carbocycles. The molecule has 5 N–H and O–H groups in total. The lowest BCUT2D eigenvalue weighted by Gasteiger charge is -2.08. The number of carbonyl (C=O) groups is 2. The van der Waals surface area contributed by atoms with Gasteiger partial charge in [0.25, 0.3) is 5.91 Å². The van der Waals surface area contributed by atoms with Gasteiger partial charge in [0.05, 0.1) is 18.3 Å². The fourth-order valence-electron chi connectivity index (χ4n) is 1.04. The van der Waals surface area contributed by atoms with E-state index in [1.54, 1.807) is 0 Å². The number of amides is 2. The Balaban J connectivity index is 2.61. The summed E-state index contributed by atoms with van der Waals surface area (Å²) >= 11 is 0. The first-order valence-corrected chi connectivity index (χ1v) is 4.87. The molecule has 0 saturated heterocycles. The van der Waals surface area contributed by atoms with Crippen molar-refractivity contribution in [3.05, 3.63) is 29.6 Å². The van der Waals surface area contributed by atoms with Crippen LogP contribution in [0.25, 0.3) is 0 Å². The number of primary amides is 1. The number of hydrogen-bond donors (Lipinski definition) is 4. The molecule has 0 fully saturated rings. The minimum atomic E-state index is -1.01. The van der Waals surface area contributed by atoms with Crippen LogP contribution in [-0.2, 0) is 0 Å². The molecule has 0 bridgehead atoms. The van der Waals surface area contributed by atoms with Gasteiger partial charge in [-0.05, 0) is 12.1 Å². The molecule has 0 aliphatic heterocycles. The lowest BCUT2D eigenvalue weighted by molar-refractivity contribution is 0.0798. The molecule has 0 aliphatic carbocycles. The third kappa shape index (κ3) is 3.82. The number of nitrogens with one attached hydrogen (secondary N) is 1. The summed E-state index contributed by atoms with van der Waals surface area (Å²) in [6.07, 6.45) is 0.184. The molecule has 1 atom stereocenters.